The molecule has 2 aliphatic rings. The Hall–Kier alpha value is -8.92. The molecule has 116 heavy (non-hydrogen) atoms. The third kappa shape index (κ3) is 44.4. The molecule has 21 N–H and O–H groups in total. The highest BCUT2D eigenvalue weighted by atomic mass is 33.1. The van der Waals surface area contributed by atoms with Crippen molar-refractivity contribution in [2.45, 2.75) is 190 Å². The summed E-state index contributed by atoms with van der Waals surface area (Å²) in [5, 5.41) is 54.7. The van der Waals surface area contributed by atoms with Crippen LogP contribution < -0.4 is 91.6 Å². The summed E-state index contributed by atoms with van der Waals surface area (Å²) >= 11 is 0.881. The molecule has 1 aromatic carbocycles. The van der Waals surface area contributed by atoms with Crippen molar-refractivity contribution in [2.24, 2.45) is 38.5 Å². The molecule has 2 saturated heterocycles. The van der Waals surface area contributed by atoms with Gasteiger partial charge in [0, 0.05) is 80.3 Å². The molecule has 2 bridgehead atoms. The second-order valence-electron chi connectivity index (χ2n) is 28.7. The van der Waals surface area contributed by atoms with E-state index in [1.54, 1.807) is 44.2 Å². The van der Waals surface area contributed by atoms with Gasteiger partial charge in [-0.1, -0.05) is 62.3 Å². The number of nitrogens with zero attached hydrogens (tertiary/aromatic N) is 3. The van der Waals surface area contributed by atoms with Gasteiger partial charge in [0.2, 0.25) is 76.8 Å². The van der Waals surface area contributed by atoms with Crippen LogP contribution in [0.5, 0.6) is 0 Å². The number of amides is 13. The number of fused-ring (bicyclic) bond motifs is 5. The lowest BCUT2D eigenvalue weighted by atomic mass is 9.92. The Morgan fingerprint density at radius 1 is 0.534 bits per heavy atom. The van der Waals surface area contributed by atoms with Gasteiger partial charge in [-0.15, -0.1) is 11.8 Å². The van der Waals surface area contributed by atoms with E-state index in [1.807, 2.05) is 27.7 Å². The zero-order chi connectivity index (χ0) is 85.9. The van der Waals surface area contributed by atoms with E-state index in [1.165, 1.54) is 0 Å². The predicted octanol–water partition coefficient (Wildman–Crippen LogP) is -3.40. The molecular weight excluding hydrogens is 1580 g/mol. The van der Waals surface area contributed by atoms with Gasteiger partial charge in [0.05, 0.1) is 58.4 Å². The van der Waals surface area contributed by atoms with Gasteiger partial charge < -0.3 is 116 Å². The second kappa shape index (κ2) is 57.2. The van der Waals surface area contributed by atoms with Crippen molar-refractivity contribution in [2.75, 3.05) is 128 Å². The van der Waals surface area contributed by atoms with Crippen molar-refractivity contribution in [1.82, 2.24) is 74.4 Å². The van der Waals surface area contributed by atoms with Crippen molar-refractivity contribution in [1.29, 1.82) is 0 Å². The highest BCUT2D eigenvalue weighted by Gasteiger charge is 2.36. The lowest BCUT2D eigenvalue weighted by Crippen LogP contribution is -2.60. The van der Waals surface area contributed by atoms with Crippen molar-refractivity contribution in [3.05, 3.63) is 45.7 Å². The number of nitrogens with two attached hydrogens (primary N) is 3. The molecule has 2 heterocycles. The first-order chi connectivity index (χ1) is 55.2. The molecule has 44 heteroatoms. The van der Waals surface area contributed by atoms with E-state index < -0.39 is 162 Å². The molecule has 0 spiro atoms. The van der Waals surface area contributed by atoms with E-state index in [2.05, 4.69) is 89.8 Å². The maximum absolute atomic E-state index is 14.7. The summed E-state index contributed by atoms with van der Waals surface area (Å²) in [6, 6.07) is -3.33. The molecule has 9 atom stereocenters. The number of hydrogen-bond acceptors (Lipinski definition) is 28. The molecule has 0 aromatic heterocycles. The Bertz CT molecular complexity index is 3320. The van der Waals surface area contributed by atoms with Gasteiger partial charge in [-0.3, -0.25) is 72.1 Å². The first-order valence-electron chi connectivity index (χ1n) is 38.6. The van der Waals surface area contributed by atoms with Gasteiger partial charge in [0.15, 0.2) is 5.96 Å². The molecule has 2 fully saturated rings. The van der Waals surface area contributed by atoms with Gasteiger partial charge in [-0.25, -0.2) is 0 Å². The van der Waals surface area contributed by atoms with Crippen LogP contribution in [0.3, 0.4) is 0 Å². The van der Waals surface area contributed by atoms with Crippen LogP contribution in [0.2, 0.25) is 0 Å². The van der Waals surface area contributed by atoms with Crippen molar-refractivity contribution in [3.63, 3.8) is 0 Å². The van der Waals surface area contributed by atoms with Gasteiger partial charge in [-0.05, 0) is 124 Å². The quantitative estimate of drug-likeness (QED) is 0.00994. The average molecular weight is 1700 g/mol. The van der Waals surface area contributed by atoms with Crippen molar-refractivity contribution < 1.29 is 91.2 Å². The first kappa shape index (κ1) is 101. The van der Waals surface area contributed by atoms with Crippen LogP contribution in [-0.4, -0.2) is 288 Å². The van der Waals surface area contributed by atoms with Crippen LogP contribution in [0.25, 0.3) is 0 Å². The molecule has 2 aliphatic heterocycles. The number of primary amides is 1. The summed E-state index contributed by atoms with van der Waals surface area (Å²) in [6.07, 6.45) is 1.47. The monoisotopic (exact) mass is 1700 g/mol. The fourth-order valence-electron chi connectivity index (χ4n) is 11.0. The Morgan fingerprint density at radius 2 is 1.04 bits per heavy atom. The molecular formula is C72H120N20O21S3. The minimum Gasteiger partial charge on any atom is -0.481 e. The molecule has 13 amide bonds. The zero-order valence-electron chi connectivity index (χ0n) is 66.9. The van der Waals surface area contributed by atoms with E-state index >= 15 is 0 Å². The SMILES string of the molecule is CC(N=O)C(C)(C)NCCC(CCNC(=O)CCCC(=O)NCCCC[C@@H]1NC(=O)CSC[C@@H](C(=O)NCCOCCOCCOCCNC(=O)COCC(N)=O)NC(=O)[C@H](Cc2ccccc2)NC(=O)[C@@H]2CSSC[C@H](NC1=O)C(=O)N[C@@H](CCCN=C(N)N)C(=O)NCC(=O)N[C@@H](CC(=O)O)C(=O)N2)CCNC(C)(C)C(C)N=O. The highest BCUT2D eigenvalue weighted by Crippen LogP contribution is 2.25. The Balaban J connectivity index is 1.91. The van der Waals surface area contributed by atoms with Crippen LogP contribution in [0, 0.1) is 15.7 Å². The molecule has 0 radical (unpaired) electrons. The largest absolute Gasteiger partial charge is 0.481 e. The summed E-state index contributed by atoms with van der Waals surface area (Å²) in [6.45, 7) is 11.9. The van der Waals surface area contributed by atoms with Gasteiger partial charge in [-0.2, -0.15) is 9.81 Å². The normalized spacial score (nSPS) is 20.1. The summed E-state index contributed by atoms with van der Waals surface area (Å²) in [5.41, 5.74) is 15.5. The number of nitroso groups, excluding NO2 is 2. The summed E-state index contributed by atoms with van der Waals surface area (Å²) in [5.74, 6) is -13.2. The zero-order valence-corrected chi connectivity index (χ0v) is 69.4. The number of carbonyl (C=O) groups excluding carboxylic acids is 13. The first-order valence-corrected chi connectivity index (χ1v) is 42.2. The molecule has 652 valence electrons. The number of carbonyl (C=O) groups is 14. The summed E-state index contributed by atoms with van der Waals surface area (Å²) < 4.78 is 21.5. The number of hydrogen-bond donors (Lipinski definition) is 18. The number of rotatable bonds is 49. The van der Waals surface area contributed by atoms with Crippen molar-refractivity contribution in [3.8, 4) is 0 Å². The second-order valence-corrected chi connectivity index (χ2v) is 32.2. The van der Waals surface area contributed by atoms with Crippen LogP contribution >= 0.6 is 33.3 Å². The number of thioether (sulfide) groups is 1. The standard InChI is InChI=1S/C72H120N20O21S3/c1-45(91-108)71(3,4)82-26-21-47(22-27-83-72(5,6)46(2)92-109)20-25-77-58(95)19-12-18-57(94)76-23-11-10-16-50-65(103)89-54-42-115-116-43-55(90-67(105)52(37-62(99)100)85-59(96)38-81-63(101)49(86-68(54)106)17-13-24-80-70(74)75)69(107)87-51(36-48-14-8-7-9-15-48)66(104)88-53(41-114-44-61(98)84-50)64(102)79-29-31-111-33-35-112-34-32-110-30-28-78-60(97)40-113-39-56(73)93/h7-9,14-15,45-47,49-55,82-83H,10-13,16-44H2,1-6H3,(H2,73,93)(H,76,94)(H,77,95)(H,78,97)(H,79,102)(H,81,101)(H,84,98)(H,85,96)(H,86,106)(H,87,107)(H,88,104)(H,89,103)(H,90,105)(H,99,100)(H4,74,75,80)/t45?,46?,47?,49-,50-,51-,52-,53-,54-,55-/m0/s1. The lowest BCUT2D eigenvalue weighted by molar-refractivity contribution is -0.141. The average Bonchev–Trinajstić information content (AvgIpc) is 0.972. The fraction of sp³-hybridized carbons (Fsp3) is 0.708. The lowest BCUT2D eigenvalue weighted by Gasteiger charge is -2.31. The van der Waals surface area contributed by atoms with E-state index in [4.69, 9.17) is 36.1 Å². The Labute approximate surface area is 687 Å². The minimum absolute atomic E-state index is 0.00206. The van der Waals surface area contributed by atoms with E-state index in [-0.39, 0.29) is 171 Å². The third-order valence-electron chi connectivity index (χ3n) is 18.5. The van der Waals surface area contributed by atoms with E-state index in [0.717, 1.165) is 46.2 Å². The van der Waals surface area contributed by atoms with Gasteiger partial charge in [0.25, 0.3) is 0 Å². The summed E-state index contributed by atoms with van der Waals surface area (Å²) in [4.78, 5) is 216. The molecule has 3 rings (SSSR count). The number of benzene rings is 1. The number of carboxylic acid groups (broad SMARTS) is 1. The van der Waals surface area contributed by atoms with E-state index in [9.17, 15) is 82.0 Å². The van der Waals surface area contributed by atoms with Crippen LogP contribution in [-0.2, 0) is 92.5 Å². The predicted molar refractivity (Wildman–Crippen MR) is 435 cm³/mol. The highest BCUT2D eigenvalue weighted by molar-refractivity contribution is 8.76. The van der Waals surface area contributed by atoms with Crippen LogP contribution in [0.15, 0.2) is 45.7 Å². The molecule has 2 unspecified atom stereocenters. The molecule has 0 saturated carbocycles. The van der Waals surface area contributed by atoms with Gasteiger partial charge >= 0.3 is 5.97 Å². The molecule has 1 aromatic rings. The molecule has 41 nitrogen and oxygen atoms in total. The maximum atomic E-state index is 14.7. The van der Waals surface area contributed by atoms with Crippen LogP contribution in [0.4, 0.5) is 0 Å². The number of aliphatic carboxylic acids is 1. The van der Waals surface area contributed by atoms with Crippen molar-refractivity contribution >= 4 is 122 Å². The number of nitrogens with one attached hydrogen (secondary N) is 14. The number of unbranched alkanes of at least 4 members (excludes halogenated alkanes) is 1. The summed E-state index contributed by atoms with van der Waals surface area (Å²) in [7, 11) is 1.80. The minimum atomic E-state index is -1.85. The fourth-order valence-corrected chi connectivity index (χ4v) is 14.2. The van der Waals surface area contributed by atoms with E-state index in [0.29, 0.717) is 31.6 Å². The van der Waals surface area contributed by atoms with Gasteiger partial charge in [0.1, 0.15) is 67.6 Å². The topological polar surface area (TPSA) is 614 Å². The Morgan fingerprint density at radius 3 is 1.61 bits per heavy atom. The number of carboxylic acids is 1. The molecule has 0 aliphatic carbocycles. The number of aliphatic imine (C=N–C) groups is 1. The maximum Gasteiger partial charge on any atom is 0.305 e. The number of guanidine groups is 1. The van der Waals surface area contributed by atoms with Crippen LogP contribution in [0.1, 0.15) is 124 Å². The smallest absolute Gasteiger partial charge is 0.305 e. The third-order valence-corrected chi connectivity index (χ3v) is 22.0. The Kier molecular flexibility index (Phi) is 50.0. The number of ether oxygens (including phenoxy) is 4.